The van der Waals surface area contributed by atoms with Crippen molar-refractivity contribution in [1.82, 2.24) is 14.7 Å². The number of furan rings is 1. The van der Waals surface area contributed by atoms with Crippen molar-refractivity contribution in [1.29, 1.82) is 0 Å². The summed E-state index contributed by atoms with van der Waals surface area (Å²) in [5, 5.41) is 0.694. The molecule has 0 saturated carbocycles. The van der Waals surface area contributed by atoms with Crippen LogP contribution in [0.3, 0.4) is 0 Å². The first-order chi connectivity index (χ1) is 14.5. The van der Waals surface area contributed by atoms with Gasteiger partial charge in [0.1, 0.15) is 0 Å². The maximum Gasteiger partial charge on any atom is 0.289 e. The third kappa shape index (κ3) is 4.53. The quantitative estimate of drug-likeness (QED) is 0.744. The number of nitrogens with zero attached hydrogens (tertiary/aromatic N) is 3. The molecule has 0 aliphatic carbocycles. The monoisotopic (exact) mass is 431 g/mol. The van der Waals surface area contributed by atoms with E-state index in [1.54, 1.807) is 17.0 Å². The molecule has 2 unspecified atom stereocenters. The van der Waals surface area contributed by atoms with Gasteiger partial charge in [-0.3, -0.25) is 14.5 Å². The molecule has 0 bridgehead atoms. The van der Waals surface area contributed by atoms with Crippen molar-refractivity contribution < 1.29 is 18.7 Å². The maximum atomic E-state index is 13.1. The number of hydrogen-bond acceptors (Lipinski definition) is 5. The molecule has 2 aliphatic heterocycles. The summed E-state index contributed by atoms with van der Waals surface area (Å²) in [7, 11) is 0. The average Bonchev–Trinajstić information content (AvgIpc) is 3.33. The summed E-state index contributed by atoms with van der Waals surface area (Å²) >= 11 is 5.98. The van der Waals surface area contributed by atoms with Crippen LogP contribution >= 0.6 is 11.6 Å². The Hall–Kier alpha value is -2.35. The molecule has 0 radical (unpaired) electrons. The predicted molar refractivity (Wildman–Crippen MR) is 112 cm³/mol. The second-order valence-corrected chi connectivity index (χ2v) is 8.11. The highest BCUT2D eigenvalue weighted by Crippen LogP contribution is 2.25. The molecule has 7 nitrogen and oxygen atoms in total. The summed E-state index contributed by atoms with van der Waals surface area (Å²) < 4.78 is 11.1. The van der Waals surface area contributed by atoms with E-state index in [0.717, 1.165) is 5.56 Å². The molecule has 2 saturated heterocycles. The van der Waals surface area contributed by atoms with Crippen LogP contribution in [0.15, 0.2) is 47.1 Å². The highest BCUT2D eigenvalue weighted by atomic mass is 35.5. The van der Waals surface area contributed by atoms with Gasteiger partial charge in [-0.2, -0.15) is 0 Å². The van der Waals surface area contributed by atoms with E-state index in [9.17, 15) is 9.59 Å². The van der Waals surface area contributed by atoms with Crippen LogP contribution in [-0.4, -0.2) is 78.4 Å². The van der Waals surface area contributed by atoms with Gasteiger partial charge in [0.05, 0.1) is 25.0 Å². The largest absolute Gasteiger partial charge is 0.459 e. The van der Waals surface area contributed by atoms with Gasteiger partial charge in [-0.15, -0.1) is 0 Å². The van der Waals surface area contributed by atoms with Crippen molar-refractivity contribution >= 4 is 23.4 Å². The van der Waals surface area contributed by atoms with Crippen molar-refractivity contribution in [2.24, 2.45) is 0 Å². The number of hydrogen-bond donors (Lipinski definition) is 0. The van der Waals surface area contributed by atoms with E-state index in [2.05, 4.69) is 4.90 Å². The zero-order chi connectivity index (χ0) is 21.1. The normalized spacial score (nSPS) is 21.5. The Morgan fingerprint density at radius 3 is 2.40 bits per heavy atom. The van der Waals surface area contributed by atoms with Crippen LogP contribution < -0.4 is 0 Å². The third-order valence-corrected chi connectivity index (χ3v) is 6.11. The lowest BCUT2D eigenvalue weighted by Crippen LogP contribution is -2.56. The Bertz CT molecular complexity index is 863. The summed E-state index contributed by atoms with van der Waals surface area (Å²) in [6.07, 6.45) is 1.42. The minimum atomic E-state index is -0.240. The van der Waals surface area contributed by atoms with Gasteiger partial charge in [-0.25, -0.2) is 0 Å². The summed E-state index contributed by atoms with van der Waals surface area (Å²) in [5.74, 6) is 0.306. The molecule has 0 spiro atoms. The maximum absolute atomic E-state index is 13.1. The van der Waals surface area contributed by atoms with E-state index in [1.165, 1.54) is 6.26 Å². The minimum Gasteiger partial charge on any atom is -0.459 e. The lowest BCUT2D eigenvalue weighted by Gasteiger charge is -2.40. The van der Waals surface area contributed by atoms with Gasteiger partial charge in [0, 0.05) is 44.3 Å². The topological polar surface area (TPSA) is 66.2 Å². The number of rotatable bonds is 4. The average molecular weight is 432 g/mol. The molecule has 2 fully saturated rings. The molecule has 160 valence electrons. The zero-order valence-electron chi connectivity index (χ0n) is 17.0. The molecule has 8 heteroatoms. The number of amides is 2. The Balaban J connectivity index is 1.32. The van der Waals surface area contributed by atoms with E-state index in [0.29, 0.717) is 56.7 Å². The summed E-state index contributed by atoms with van der Waals surface area (Å²) in [5.41, 5.74) is 1.06. The molecule has 0 N–H and O–H groups in total. The van der Waals surface area contributed by atoms with Crippen LogP contribution in [-0.2, 0) is 9.53 Å². The molecule has 2 amide bonds. The molecular formula is C22H26ClN3O4. The fourth-order valence-corrected chi connectivity index (χ4v) is 4.13. The smallest absolute Gasteiger partial charge is 0.289 e. The zero-order valence-corrected chi connectivity index (χ0v) is 17.8. The van der Waals surface area contributed by atoms with Crippen LogP contribution in [0, 0.1) is 0 Å². The van der Waals surface area contributed by atoms with Gasteiger partial charge < -0.3 is 19.0 Å². The van der Waals surface area contributed by atoms with Gasteiger partial charge in [0.15, 0.2) is 5.76 Å². The number of morpholine rings is 1. The first-order valence-electron chi connectivity index (χ1n) is 10.3. The van der Waals surface area contributed by atoms with Gasteiger partial charge in [-0.05, 0) is 36.8 Å². The van der Waals surface area contributed by atoms with Gasteiger partial charge in [0.2, 0.25) is 5.91 Å². The molecule has 4 rings (SSSR count). The van der Waals surface area contributed by atoms with Crippen LogP contribution in [0.5, 0.6) is 0 Å². The number of carbonyl (C=O) groups excluding carboxylic acids is 2. The molecule has 3 heterocycles. The molecule has 2 aromatic rings. The fraction of sp³-hybridized carbons (Fsp3) is 0.455. The highest BCUT2D eigenvalue weighted by molar-refractivity contribution is 6.30. The first kappa shape index (κ1) is 20.9. The Morgan fingerprint density at radius 1 is 1.03 bits per heavy atom. The lowest BCUT2D eigenvalue weighted by atomic mass is 10.1. The molecule has 1 aromatic heterocycles. The number of carbonyl (C=O) groups is 2. The van der Waals surface area contributed by atoms with E-state index in [1.807, 2.05) is 36.1 Å². The van der Waals surface area contributed by atoms with Crippen molar-refractivity contribution in [3.05, 3.63) is 59.0 Å². The number of piperazine rings is 1. The van der Waals surface area contributed by atoms with Crippen LogP contribution in [0.2, 0.25) is 5.02 Å². The summed E-state index contributed by atoms with van der Waals surface area (Å²) in [4.78, 5) is 31.3. The van der Waals surface area contributed by atoms with Crippen molar-refractivity contribution in [3.8, 4) is 0 Å². The molecule has 30 heavy (non-hydrogen) atoms. The van der Waals surface area contributed by atoms with Crippen LogP contribution in [0.25, 0.3) is 0 Å². The standard InChI is InChI=1S/C22H26ClN3O4/c1-16(26-12-14-30-20(15-26)17-4-6-18(23)7-5-17)21(27)24-8-10-25(11-9-24)22(28)19-3-2-13-29-19/h2-7,13,16,20H,8-12,14-15H2,1H3. The van der Waals surface area contributed by atoms with E-state index < -0.39 is 0 Å². The van der Waals surface area contributed by atoms with Crippen molar-refractivity contribution in [2.75, 3.05) is 45.9 Å². The second kappa shape index (κ2) is 9.20. The summed E-state index contributed by atoms with van der Waals surface area (Å²) in [6.45, 7) is 5.98. The van der Waals surface area contributed by atoms with Crippen molar-refractivity contribution in [3.63, 3.8) is 0 Å². The first-order valence-corrected chi connectivity index (χ1v) is 10.6. The Morgan fingerprint density at radius 2 is 1.73 bits per heavy atom. The van der Waals surface area contributed by atoms with E-state index in [-0.39, 0.29) is 24.0 Å². The Labute approximate surface area is 181 Å². The SMILES string of the molecule is CC(C(=O)N1CCN(C(=O)c2ccco2)CC1)N1CCOC(c2ccc(Cl)cc2)C1. The predicted octanol–water partition coefficient (Wildman–Crippen LogP) is 2.68. The molecule has 2 atom stereocenters. The van der Waals surface area contributed by atoms with E-state index in [4.69, 9.17) is 20.8 Å². The fourth-order valence-electron chi connectivity index (χ4n) is 4.01. The van der Waals surface area contributed by atoms with Gasteiger partial charge in [0.25, 0.3) is 5.91 Å². The number of ether oxygens (including phenoxy) is 1. The van der Waals surface area contributed by atoms with Crippen LogP contribution in [0.1, 0.15) is 29.1 Å². The molecule has 2 aliphatic rings. The highest BCUT2D eigenvalue weighted by Gasteiger charge is 2.33. The molecular weight excluding hydrogens is 406 g/mol. The van der Waals surface area contributed by atoms with Gasteiger partial charge >= 0.3 is 0 Å². The van der Waals surface area contributed by atoms with Crippen LogP contribution in [0.4, 0.5) is 0 Å². The summed E-state index contributed by atoms with van der Waals surface area (Å²) in [6, 6.07) is 10.8. The Kier molecular flexibility index (Phi) is 6.41. The molecule has 1 aromatic carbocycles. The number of halogens is 1. The lowest BCUT2D eigenvalue weighted by molar-refractivity contribution is -0.141. The van der Waals surface area contributed by atoms with Crippen molar-refractivity contribution in [2.45, 2.75) is 19.1 Å². The number of benzene rings is 1. The minimum absolute atomic E-state index is 0.0750. The van der Waals surface area contributed by atoms with E-state index >= 15 is 0 Å². The third-order valence-electron chi connectivity index (χ3n) is 5.86. The van der Waals surface area contributed by atoms with Gasteiger partial charge in [-0.1, -0.05) is 23.7 Å². The second-order valence-electron chi connectivity index (χ2n) is 7.68.